The fraction of sp³-hybridized carbons (Fsp3) is 0.636. The predicted octanol–water partition coefficient (Wildman–Crippen LogP) is 5.79. The molecule has 0 saturated carbocycles. The molecule has 0 radical (unpaired) electrons. The molecule has 1 aromatic rings. The normalized spacial score (nSPS) is 14.2. The second kappa shape index (κ2) is 10.7. The van der Waals surface area contributed by atoms with E-state index in [4.69, 9.17) is 21.4 Å². The predicted molar refractivity (Wildman–Crippen MR) is 124 cm³/mol. The van der Waals surface area contributed by atoms with Crippen molar-refractivity contribution in [1.29, 1.82) is 0 Å². The van der Waals surface area contributed by atoms with Gasteiger partial charge < -0.3 is 19.6 Å². The van der Waals surface area contributed by atoms with Crippen molar-refractivity contribution in [3.63, 3.8) is 0 Å². The van der Waals surface area contributed by atoms with Gasteiger partial charge in [-0.25, -0.2) is 4.79 Å². The highest BCUT2D eigenvalue weighted by Crippen LogP contribution is 2.35. The van der Waals surface area contributed by atoms with E-state index in [1.165, 1.54) is 9.80 Å². The number of halogens is 1. The summed E-state index contributed by atoms with van der Waals surface area (Å²) in [5.74, 6) is 0. The average Bonchev–Trinajstić information content (AvgIpc) is 2.77. The number of nitrogens with zero attached hydrogens (tertiary/aromatic N) is 2. The highest BCUT2D eigenvalue weighted by molar-refractivity contribution is 8.13. The summed E-state index contributed by atoms with van der Waals surface area (Å²) in [7, 11) is 3.38. The highest BCUT2D eigenvalue weighted by Gasteiger charge is 2.23. The Hall–Kier alpha value is -1.44. The molecule has 0 aromatic heterocycles. The van der Waals surface area contributed by atoms with Crippen LogP contribution < -0.4 is 0 Å². The van der Waals surface area contributed by atoms with Crippen LogP contribution in [0.25, 0.3) is 0 Å². The van der Waals surface area contributed by atoms with Gasteiger partial charge in [-0.1, -0.05) is 17.7 Å². The van der Waals surface area contributed by atoms with Crippen molar-refractivity contribution >= 4 is 34.7 Å². The maximum atomic E-state index is 11.9. The summed E-state index contributed by atoms with van der Waals surface area (Å²) in [6.07, 6.45) is 0.306. The number of carbonyl (C=O) groups excluding carboxylic acids is 1. The number of rotatable bonds is 1. The summed E-state index contributed by atoms with van der Waals surface area (Å²) in [6.45, 7) is 13.3. The molecular weight excluding hydrogens is 424 g/mol. The molecule has 1 N–H and O–H groups in total. The number of hydrogen-bond donors (Lipinski definition) is 1. The molecule has 8 heteroatoms. The van der Waals surface area contributed by atoms with E-state index in [0.717, 1.165) is 27.8 Å². The highest BCUT2D eigenvalue weighted by atomic mass is 35.5. The van der Waals surface area contributed by atoms with Crippen molar-refractivity contribution in [2.45, 2.75) is 70.5 Å². The third-order valence-corrected chi connectivity index (χ3v) is 5.67. The van der Waals surface area contributed by atoms with Gasteiger partial charge in [-0.3, -0.25) is 4.79 Å². The fourth-order valence-corrected chi connectivity index (χ4v) is 4.33. The molecule has 1 heterocycles. The van der Waals surface area contributed by atoms with Crippen LogP contribution in [0.4, 0.5) is 9.59 Å². The zero-order valence-electron chi connectivity index (χ0n) is 19.3. The van der Waals surface area contributed by atoms with Crippen molar-refractivity contribution in [2.75, 3.05) is 27.2 Å². The molecule has 2 amide bonds. The first-order valence-corrected chi connectivity index (χ1v) is 11.2. The number of carbonyl (C=O) groups is 2. The van der Waals surface area contributed by atoms with Crippen molar-refractivity contribution in [3.05, 3.63) is 28.3 Å². The van der Waals surface area contributed by atoms with Gasteiger partial charge >= 0.3 is 6.09 Å². The first kappa shape index (κ1) is 26.6. The lowest BCUT2D eigenvalue weighted by atomic mass is 10.0. The van der Waals surface area contributed by atoms with Gasteiger partial charge in [0.2, 0.25) is 0 Å². The summed E-state index contributed by atoms with van der Waals surface area (Å²) in [6, 6.07) is 3.70. The van der Waals surface area contributed by atoms with Crippen LogP contribution in [-0.2, 0) is 17.6 Å². The van der Waals surface area contributed by atoms with Crippen LogP contribution >= 0.6 is 23.4 Å². The van der Waals surface area contributed by atoms with Gasteiger partial charge in [0, 0.05) is 32.1 Å². The molecule has 170 valence electrons. The SMILES string of the molecule is CC(C)(C)OC(C)(C)C.CN(C)C(=O)Sc1c(Cl)ccc2c1CCN(C(=O)O)CC2. The Bertz CT molecular complexity index is 743. The molecule has 2 rings (SSSR count). The number of fused-ring (bicyclic) bond motifs is 1. The summed E-state index contributed by atoms with van der Waals surface area (Å²) >= 11 is 7.34. The van der Waals surface area contributed by atoms with Crippen LogP contribution in [0, 0.1) is 0 Å². The molecule has 0 bridgehead atoms. The molecule has 1 aliphatic rings. The number of thioether (sulfide) groups is 1. The number of carboxylic acid groups (broad SMARTS) is 1. The van der Waals surface area contributed by atoms with E-state index in [1.807, 2.05) is 6.07 Å². The van der Waals surface area contributed by atoms with Crippen molar-refractivity contribution in [3.8, 4) is 0 Å². The van der Waals surface area contributed by atoms with Gasteiger partial charge in [0.1, 0.15) is 0 Å². The molecular formula is C22H35ClN2O4S. The van der Waals surface area contributed by atoms with Crippen LogP contribution in [0.5, 0.6) is 0 Å². The minimum Gasteiger partial charge on any atom is -0.465 e. The Morgan fingerprint density at radius 2 is 1.60 bits per heavy atom. The quantitative estimate of drug-likeness (QED) is 0.539. The Morgan fingerprint density at radius 3 is 2.03 bits per heavy atom. The summed E-state index contributed by atoms with van der Waals surface area (Å²) in [4.78, 5) is 26.7. The summed E-state index contributed by atoms with van der Waals surface area (Å²) < 4.78 is 5.62. The molecule has 0 unspecified atom stereocenters. The summed E-state index contributed by atoms with van der Waals surface area (Å²) in [5.41, 5.74) is 2.03. The lowest BCUT2D eigenvalue weighted by molar-refractivity contribution is -0.102. The maximum absolute atomic E-state index is 11.9. The molecule has 0 atom stereocenters. The van der Waals surface area contributed by atoms with Crippen LogP contribution in [0.3, 0.4) is 0 Å². The fourth-order valence-electron chi connectivity index (χ4n) is 3.16. The van der Waals surface area contributed by atoms with Crippen molar-refractivity contribution in [2.24, 2.45) is 0 Å². The van der Waals surface area contributed by atoms with Crippen molar-refractivity contribution < 1.29 is 19.4 Å². The minimum absolute atomic E-state index is 0.0156. The Balaban J connectivity index is 0.000000424. The van der Waals surface area contributed by atoms with Crippen molar-refractivity contribution in [1.82, 2.24) is 9.80 Å². The Labute approximate surface area is 189 Å². The first-order valence-electron chi connectivity index (χ1n) is 9.98. The molecule has 30 heavy (non-hydrogen) atoms. The molecule has 0 spiro atoms. The van der Waals surface area contributed by atoms with Crippen LogP contribution in [0.2, 0.25) is 5.02 Å². The zero-order chi connectivity index (χ0) is 23.3. The number of ether oxygens (including phenoxy) is 1. The molecule has 6 nitrogen and oxygen atoms in total. The molecule has 1 aromatic carbocycles. The van der Waals surface area contributed by atoms with E-state index in [-0.39, 0.29) is 16.4 Å². The van der Waals surface area contributed by atoms with E-state index >= 15 is 0 Å². The molecule has 0 fully saturated rings. The van der Waals surface area contributed by atoms with E-state index in [0.29, 0.717) is 31.0 Å². The van der Waals surface area contributed by atoms with E-state index in [2.05, 4.69) is 41.5 Å². The largest absolute Gasteiger partial charge is 0.465 e. The van der Waals surface area contributed by atoms with Gasteiger partial charge in [-0.05, 0) is 83.3 Å². The zero-order valence-corrected chi connectivity index (χ0v) is 20.9. The van der Waals surface area contributed by atoms with Gasteiger partial charge in [0.15, 0.2) is 0 Å². The lowest BCUT2D eigenvalue weighted by Crippen LogP contribution is -2.31. The molecule has 0 saturated heterocycles. The smallest absolute Gasteiger partial charge is 0.407 e. The third kappa shape index (κ3) is 9.14. The van der Waals surface area contributed by atoms with E-state index in [9.17, 15) is 9.59 Å². The maximum Gasteiger partial charge on any atom is 0.407 e. The number of amides is 2. The van der Waals surface area contributed by atoms with Crippen LogP contribution in [-0.4, -0.2) is 64.6 Å². The average molecular weight is 459 g/mol. The topological polar surface area (TPSA) is 70.1 Å². The Morgan fingerprint density at radius 1 is 1.07 bits per heavy atom. The summed E-state index contributed by atoms with van der Waals surface area (Å²) in [5, 5.41) is 9.56. The Kier molecular flexibility index (Phi) is 9.52. The minimum atomic E-state index is -0.910. The van der Waals surface area contributed by atoms with Gasteiger partial charge in [0.05, 0.1) is 16.2 Å². The van der Waals surface area contributed by atoms with Gasteiger partial charge in [-0.2, -0.15) is 0 Å². The molecule has 1 aliphatic heterocycles. The van der Waals surface area contributed by atoms with Gasteiger partial charge in [-0.15, -0.1) is 0 Å². The second-order valence-corrected chi connectivity index (χ2v) is 10.7. The van der Waals surface area contributed by atoms with Crippen LogP contribution in [0.1, 0.15) is 52.7 Å². The molecule has 0 aliphatic carbocycles. The van der Waals surface area contributed by atoms with Crippen LogP contribution in [0.15, 0.2) is 17.0 Å². The third-order valence-electron chi connectivity index (χ3n) is 4.03. The van der Waals surface area contributed by atoms with E-state index < -0.39 is 6.09 Å². The monoisotopic (exact) mass is 458 g/mol. The standard InChI is InChI=1S/C14H17ClN2O3S.C8H18O/c1-16(2)14(20)21-12-10-6-8-17(13(18)19)7-5-9(10)3-4-11(12)15;1-7(2,3)9-8(4,5)6/h3-4H,5-8H2,1-2H3,(H,18,19);1-6H3. The number of hydrogen-bond acceptors (Lipinski definition) is 4. The lowest BCUT2D eigenvalue weighted by Gasteiger charge is -2.30. The van der Waals surface area contributed by atoms with E-state index in [1.54, 1.807) is 20.2 Å². The van der Waals surface area contributed by atoms with Gasteiger partial charge in [0.25, 0.3) is 5.24 Å². The second-order valence-electron chi connectivity index (χ2n) is 9.37. The number of benzene rings is 1. The first-order chi connectivity index (χ1) is 13.6.